The number of anilines is 1. The molecule has 1 unspecified atom stereocenters. The predicted molar refractivity (Wildman–Crippen MR) is 108 cm³/mol. The lowest BCUT2D eigenvalue weighted by Crippen LogP contribution is -2.70. The van der Waals surface area contributed by atoms with Gasteiger partial charge in [-0.3, -0.25) is 14.5 Å². The number of halogens is 1. The Kier molecular flexibility index (Phi) is 6.28. The van der Waals surface area contributed by atoms with E-state index in [0.29, 0.717) is 12.1 Å². The molecule has 0 bridgehead atoms. The van der Waals surface area contributed by atoms with E-state index in [9.17, 15) is 22.4 Å². The zero-order valence-electron chi connectivity index (χ0n) is 16.9. The fraction of sp³-hybridized carbons (Fsp3) is 0.600. The van der Waals surface area contributed by atoms with Crippen molar-refractivity contribution in [2.75, 3.05) is 23.7 Å². The lowest BCUT2D eigenvalue weighted by Gasteiger charge is -2.47. The topological polar surface area (TPSA) is 86.8 Å². The molecular weight excluding hydrogens is 397 g/mol. The highest BCUT2D eigenvalue weighted by molar-refractivity contribution is 7.89. The van der Waals surface area contributed by atoms with E-state index in [0.717, 1.165) is 30.0 Å². The Labute approximate surface area is 171 Å². The van der Waals surface area contributed by atoms with Crippen LogP contribution in [-0.4, -0.2) is 55.0 Å². The van der Waals surface area contributed by atoms with Crippen molar-refractivity contribution >= 4 is 27.5 Å². The van der Waals surface area contributed by atoms with E-state index in [2.05, 4.69) is 5.32 Å². The number of benzene rings is 1. The molecule has 160 valence electrons. The van der Waals surface area contributed by atoms with Gasteiger partial charge in [-0.1, -0.05) is 19.8 Å². The van der Waals surface area contributed by atoms with Gasteiger partial charge in [-0.15, -0.1) is 0 Å². The van der Waals surface area contributed by atoms with E-state index in [1.165, 1.54) is 29.2 Å². The molecule has 1 aliphatic heterocycles. The minimum absolute atomic E-state index is 0.0205. The van der Waals surface area contributed by atoms with Crippen molar-refractivity contribution in [3.8, 4) is 0 Å². The molecule has 29 heavy (non-hydrogen) atoms. The molecule has 2 fully saturated rings. The predicted octanol–water partition coefficient (Wildman–Crippen LogP) is 2.03. The quantitative estimate of drug-likeness (QED) is 0.756. The molecule has 1 saturated heterocycles. The first-order valence-corrected chi connectivity index (χ1v) is 11.7. The summed E-state index contributed by atoms with van der Waals surface area (Å²) in [7, 11) is -3.66. The number of carbonyl (C=O) groups is 2. The summed E-state index contributed by atoms with van der Waals surface area (Å²) in [6.45, 7) is 2.84. The van der Waals surface area contributed by atoms with Crippen LogP contribution in [0.2, 0.25) is 0 Å². The van der Waals surface area contributed by atoms with Crippen LogP contribution in [0.25, 0.3) is 0 Å². The van der Waals surface area contributed by atoms with Crippen molar-refractivity contribution in [2.24, 2.45) is 0 Å². The summed E-state index contributed by atoms with van der Waals surface area (Å²) in [5.41, 5.74) is -1.07. The fourth-order valence-corrected chi connectivity index (χ4v) is 5.68. The summed E-state index contributed by atoms with van der Waals surface area (Å²) in [6, 6.07) is 5.33. The van der Waals surface area contributed by atoms with Crippen molar-refractivity contribution < 1.29 is 22.4 Å². The molecule has 1 aliphatic carbocycles. The second-order valence-corrected chi connectivity index (χ2v) is 10.1. The molecule has 1 N–H and O–H groups in total. The second kappa shape index (κ2) is 8.39. The molecule has 0 aromatic heterocycles. The molecule has 3 rings (SSSR count). The molecule has 1 atom stereocenters. The van der Waals surface area contributed by atoms with Gasteiger partial charge >= 0.3 is 0 Å². The summed E-state index contributed by atoms with van der Waals surface area (Å²) in [5, 5.41) is 3.00. The van der Waals surface area contributed by atoms with Crippen LogP contribution in [-0.2, 0) is 19.6 Å². The fourth-order valence-electron chi connectivity index (χ4n) is 4.15. The van der Waals surface area contributed by atoms with Crippen molar-refractivity contribution in [3.63, 3.8) is 0 Å². The van der Waals surface area contributed by atoms with Gasteiger partial charge in [0.15, 0.2) is 0 Å². The molecule has 1 heterocycles. The zero-order valence-corrected chi connectivity index (χ0v) is 17.7. The van der Waals surface area contributed by atoms with Crippen molar-refractivity contribution in [1.29, 1.82) is 0 Å². The number of sulfonamides is 1. The van der Waals surface area contributed by atoms with Crippen LogP contribution in [0, 0.1) is 5.82 Å². The number of rotatable bonds is 6. The number of amides is 2. The first-order chi connectivity index (χ1) is 13.7. The molecule has 1 saturated carbocycles. The number of nitrogens with one attached hydrogen (secondary N) is 1. The SMILES string of the molecule is CCCS(=O)(=O)N1CC(=O)N(c2ccc(F)cc2)C(C)(C(=O)NC2CCCC2)C1. The lowest BCUT2D eigenvalue weighted by atomic mass is 9.94. The lowest BCUT2D eigenvalue weighted by molar-refractivity contribution is -0.133. The van der Waals surface area contributed by atoms with Crippen LogP contribution < -0.4 is 10.2 Å². The third-order valence-corrected chi connectivity index (χ3v) is 7.63. The molecule has 9 heteroatoms. The average Bonchev–Trinajstić information content (AvgIpc) is 3.15. The Hall–Kier alpha value is -2.00. The van der Waals surface area contributed by atoms with E-state index in [4.69, 9.17) is 0 Å². The van der Waals surface area contributed by atoms with Gasteiger partial charge in [0.2, 0.25) is 21.8 Å². The summed E-state index contributed by atoms with van der Waals surface area (Å²) in [5.74, 6) is -1.44. The van der Waals surface area contributed by atoms with E-state index >= 15 is 0 Å². The van der Waals surface area contributed by atoms with Crippen molar-refractivity contribution in [3.05, 3.63) is 30.1 Å². The highest BCUT2D eigenvalue weighted by atomic mass is 32.2. The standard InChI is InChI=1S/C20H28FN3O4S/c1-3-12-29(27,28)23-13-18(25)24(17-10-8-15(21)9-11-17)20(2,14-23)19(26)22-16-6-4-5-7-16/h8-11,16H,3-7,12-14H2,1-2H3,(H,22,26). The average molecular weight is 426 g/mol. The maximum Gasteiger partial charge on any atom is 0.247 e. The minimum atomic E-state index is -3.66. The molecule has 2 aliphatic rings. The smallest absolute Gasteiger partial charge is 0.247 e. The Bertz CT molecular complexity index is 868. The first-order valence-electron chi connectivity index (χ1n) is 10.0. The van der Waals surface area contributed by atoms with Crippen LogP contribution in [0.5, 0.6) is 0 Å². The molecule has 7 nitrogen and oxygen atoms in total. The van der Waals surface area contributed by atoms with Crippen LogP contribution >= 0.6 is 0 Å². The van der Waals surface area contributed by atoms with Gasteiger partial charge in [0, 0.05) is 18.3 Å². The normalized spacial score (nSPS) is 24.1. The number of nitrogens with zero attached hydrogens (tertiary/aromatic N) is 2. The number of hydrogen-bond donors (Lipinski definition) is 1. The van der Waals surface area contributed by atoms with Crippen LogP contribution in [0.4, 0.5) is 10.1 Å². The van der Waals surface area contributed by atoms with Gasteiger partial charge in [-0.05, 0) is 50.5 Å². The van der Waals surface area contributed by atoms with E-state index in [-0.39, 0.29) is 24.9 Å². The molecule has 1 aromatic carbocycles. The molecule has 1 aromatic rings. The maximum atomic E-state index is 13.4. The monoisotopic (exact) mass is 425 g/mol. The molecular formula is C20H28FN3O4S. The van der Waals surface area contributed by atoms with Gasteiger partial charge in [0.1, 0.15) is 11.4 Å². The highest BCUT2D eigenvalue weighted by Crippen LogP contribution is 2.32. The van der Waals surface area contributed by atoms with Crippen molar-refractivity contribution in [1.82, 2.24) is 9.62 Å². The molecule has 0 spiro atoms. The Morgan fingerprint density at radius 2 is 1.86 bits per heavy atom. The largest absolute Gasteiger partial charge is 0.351 e. The first kappa shape index (κ1) is 21.7. The van der Waals surface area contributed by atoms with Gasteiger partial charge in [0.25, 0.3) is 0 Å². The van der Waals surface area contributed by atoms with Crippen molar-refractivity contribution in [2.45, 2.75) is 57.5 Å². The Morgan fingerprint density at radius 1 is 1.24 bits per heavy atom. The third-order valence-electron chi connectivity index (χ3n) is 5.66. The number of carbonyl (C=O) groups excluding carboxylic acids is 2. The van der Waals surface area contributed by atoms with Crippen LogP contribution in [0.3, 0.4) is 0 Å². The maximum absolute atomic E-state index is 13.4. The number of hydrogen-bond acceptors (Lipinski definition) is 4. The number of piperazine rings is 1. The minimum Gasteiger partial charge on any atom is -0.351 e. The zero-order chi connectivity index (χ0) is 21.2. The van der Waals surface area contributed by atoms with E-state index in [1.54, 1.807) is 13.8 Å². The summed E-state index contributed by atoms with van der Waals surface area (Å²) in [6.07, 6.45) is 4.20. The summed E-state index contributed by atoms with van der Waals surface area (Å²) < 4.78 is 39.8. The van der Waals surface area contributed by atoms with Gasteiger partial charge < -0.3 is 5.32 Å². The Balaban J connectivity index is 1.98. The van der Waals surface area contributed by atoms with Gasteiger partial charge in [-0.2, -0.15) is 4.31 Å². The highest BCUT2D eigenvalue weighted by Gasteiger charge is 2.51. The van der Waals surface area contributed by atoms with Crippen LogP contribution in [0.1, 0.15) is 46.0 Å². The summed E-state index contributed by atoms with van der Waals surface area (Å²) in [4.78, 5) is 27.7. The van der Waals surface area contributed by atoms with E-state index in [1.807, 2.05) is 0 Å². The van der Waals surface area contributed by atoms with Gasteiger partial charge in [0.05, 0.1) is 12.3 Å². The molecule has 0 radical (unpaired) electrons. The Morgan fingerprint density at radius 3 is 2.45 bits per heavy atom. The second-order valence-electron chi connectivity index (χ2n) is 8.02. The summed E-state index contributed by atoms with van der Waals surface area (Å²) >= 11 is 0. The van der Waals surface area contributed by atoms with Gasteiger partial charge in [-0.25, -0.2) is 12.8 Å². The molecule has 2 amide bonds. The van der Waals surface area contributed by atoms with E-state index < -0.39 is 33.2 Å². The van der Waals surface area contributed by atoms with Crippen LogP contribution in [0.15, 0.2) is 24.3 Å². The third kappa shape index (κ3) is 4.45.